The number of methoxy groups -OCH3 is 1. The van der Waals surface area contributed by atoms with E-state index in [-0.39, 0.29) is 5.78 Å². The summed E-state index contributed by atoms with van der Waals surface area (Å²) < 4.78 is 5.09. The Morgan fingerprint density at radius 1 is 1.05 bits per heavy atom. The molecule has 0 aliphatic carbocycles. The lowest BCUT2D eigenvalue weighted by molar-refractivity contribution is 0.0983. The van der Waals surface area contributed by atoms with E-state index >= 15 is 0 Å². The summed E-state index contributed by atoms with van der Waals surface area (Å²) in [5.74, 6) is 0.840. The second-order valence-corrected chi connectivity index (χ2v) is 5.30. The van der Waals surface area contributed by atoms with E-state index in [1.807, 2.05) is 24.3 Å². The van der Waals surface area contributed by atoms with Crippen LogP contribution in [0.2, 0.25) is 10.0 Å². The Kier molecular flexibility index (Phi) is 5.05. The van der Waals surface area contributed by atoms with Gasteiger partial charge in [0.05, 0.1) is 7.11 Å². The van der Waals surface area contributed by atoms with Crippen molar-refractivity contribution in [1.82, 2.24) is 0 Å². The first kappa shape index (κ1) is 14.9. The third-order valence-corrected chi connectivity index (χ3v) is 3.42. The third kappa shape index (κ3) is 3.99. The minimum Gasteiger partial charge on any atom is -0.497 e. The molecule has 0 amide bonds. The van der Waals surface area contributed by atoms with Gasteiger partial charge in [0.1, 0.15) is 5.75 Å². The van der Waals surface area contributed by atoms with Crippen molar-refractivity contribution >= 4 is 29.0 Å². The zero-order valence-electron chi connectivity index (χ0n) is 11.0. The molecule has 0 aliphatic heterocycles. The molecule has 0 radical (unpaired) electrons. The molecule has 0 aliphatic rings. The molecule has 0 bridgehead atoms. The minimum atomic E-state index is 0.0326. The highest BCUT2D eigenvalue weighted by atomic mass is 35.5. The molecule has 0 spiro atoms. The molecular weight excluding hydrogens is 295 g/mol. The minimum absolute atomic E-state index is 0.0326. The Labute approximate surface area is 128 Å². The lowest BCUT2D eigenvalue weighted by atomic mass is 10.0. The number of ether oxygens (including phenoxy) is 1. The van der Waals surface area contributed by atoms with Gasteiger partial charge in [0.2, 0.25) is 0 Å². The molecule has 0 heterocycles. The summed E-state index contributed by atoms with van der Waals surface area (Å²) >= 11 is 11.8. The molecule has 2 aromatic carbocycles. The molecule has 0 saturated heterocycles. The summed E-state index contributed by atoms with van der Waals surface area (Å²) in [5.41, 5.74) is 1.64. The second kappa shape index (κ2) is 6.78. The molecule has 0 fully saturated rings. The number of carbonyl (C=O) groups is 1. The van der Waals surface area contributed by atoms with Gasteiger partial charge in [0.25, 0.3) is 0 Å². The van der Waals surface area contributed by atoms with E-state index in [9.17, 15) is 4.79 Å². The smallest absolute Gasteiger partial charge is 0.163 e. The molecule has 2 aromatic rings. The average Bonchev–Trinajstić information content (AvgIpc) is 2.44. The fraction of sp³-hybridized carbons (Fsp3) is 0.188. The van der Waals surface area contributed by atoms with Crippen molar-refractivity contribution in [1.29, 1.82) is 0 Å². The predicted octanol–water partition coefficient (Wildman–Crippen LogP) is 4.82. The number of benzene rings is 2. The highest BCUT2D eigenvalue weighted by Gasteiger charge is 2.08. The third-order valence-electron chi connectivity index (χ3n) is 2.98. The van der Waals surface area contributed by atoms with E-state index in [4.69, 9.17) is 27.9 Å². The first-order valence-corrected chi connectivity index (χ1v) is 6.96. The van der Waals surface area contributed by atoms with Gasteiger partial charge in [-0.2, -0.15) is 0 Å². The molecule has 104 valence electrons. The maximum atomic E-state index is 12.1. The van der Waals surface area contributed by atoms with Gasteiger partial charge in [-0.05, 0) is 42.3 Å². The molecule has 0 N–H and O–H groups in total. The molecule has 0 saturated carbocycles. The topological polar surface area (TPSA) is 26.3 Å². The van der Waals surface area contributed by atoms with Gasteiger partial charge in [0, 0.05) is 22.0 Å². The molecule has 2 nitrogen and oxygen atoms in total. The predicted molar refractivity (Wildman–Crippen MR) is 82.1 cm³/mol. The summed E-state index contributed by atoms with van der Waals surface area (Å²) in [4.78, 5) is 12.1. The Balaban J connectivity index is 2.00. The fourth-order valence-corrected chi connectivity index (χ4v) is 2.44. The van der Waals surface area contributed by atoms with Crippen molar-refractivity contribution in [2.75, 3.05) is 7.11 Å². The van der Waals surface area contributed by atoms with Gasteiger partial charge in [-0.3, -0.25) is 4.79 Å². The van der Waals surface area contributed by atoms with Crippen molar-refractivity contribution in [2.45, 2.75) is 12.8 Å². The van der Waals surface area contributed by atoms with Crippen LogP contribution in [0.4, 0.5) is 0 Å². The first-order valence-electron chi connectivity index (χ1n) is 6.20. The van der Waals surface area contributed by atoms with E-state index in [1.54, 1.807) is 25.3 Å². The van der Waals surface area contributed by atoms with Gasteiger partial charge in [-0.1, -0.05) is 35.3 Å². The normalized spacial score (nSPS) is 10.3. The van der Waals surface area contributed by atoms with Crippen molar-refractivity contribution in [2.24, 2.45) is 0 Å². The van der Waals surface area contributed by atoms with E-state index in [0.29, 0.717) is 28.5 Å². The number of Topliss-reactive ketones (excluding diaryl/α,β-unsaturated/α-hetero) is 1. The molecule has 0 aromatic heterocycles. The van der Waals surface area contributed by atoms with Crippen LogP contribution in [0.3, 0.4) is 0 Å². The van der Waals surface area contributed by atoms with E-state index in [1.165, 1.54) is 0 Å². The van der Waals surface area contributed by atoms with Crippen LogP contribution in [0.25, 0.3) is 0 Å². The maximum Gasteiger partial charge on any atom is 0.163 e. The standard InChI is InChI=1S/C16H14Cl2O2/c1-20-15-5-2-11(3-6-15)4-7-16(19)12-8-13(17)10-14(18)9-12/h2-3,5-6,8-10H,4,7H2,1H3. The van der Waals surface area contributed by atoms with E-state index in [2.05, 4.69) is 0 Å². The molecule has 4 heteroatoms. The van der Waals surface area contributed by atoms with Gasteiger partial charge in [0.15, 0.2) is 5.78 Å². The molecule has 0 atom stereocenters. The summed E-state index contributed by atoms with van der Waals surface area (Å²) in [5, 5.41) is 0.954. The number of hydrogen-bond acceptors (Lipinski definition) is 2. The van der Waals surface area contributed by atoms with E-state index in [0.717, 1.165) is 11.3 Å². The number of rotatable bonds is 5. The Bertz CT molecular complexity index is 586. The SMILES string of the molecule is COc1ccc(CCC(=O)c2cc(Cl)cc(Cl)c2)cc1. The van der Waals surface area contributed by atoms with Crippen LogP contribution in [0.1, 0.15) is 22.3 Å². The molecule has 20 heavy (non-hydrogen) atoms. The Morgan fingerprint density at radius 2 is 1.65 bits per heavy atom. The molecule has 0 unspecified atom stereocenters. The van der Waals surface area contributed by atoms with Gasteiger partial charge >= 0.3 is 0 Å². The van der Waals surface area contributed by atoms with Crippen LogP contribution in [0.15, 0.2) is 42.5 Å². The monoisotopic (exact) mass is 308 g/mol. The van der Waals surface area contributed by atoms with Crippen molar-refractivity contribution < 1.29 is 9.53 Å². The average molecular weight is 309 g/mol. The number of aryl methyl sites for hydroxylation is 1. The van der Waals surface area contributed by atoms with Crippen molar-refractivity contribution in [3.63, 3.8) is 0 Å². The zero-order valence-corrected chi connectivity index (χ0v) is 12.5. The number of hydrogen-bond donors (Lipinski definition) is 0. The highest BCUT2D eigenvalue weighted by molar-refractivity contribution is 6.35. The van der Waals surface area contributed by atoms with Crippen LogP contribution >= 0.6 is 23.2 Å². The quantitative estimate of drug-likeness (QED) is 0.740. The Morgan fingerprint density at radius 3 is 2.20 bits per heavy atom. The maximum absolute atomic E-state index is 12.1. The second-order valence-electron chi connectivity index (χ2n) is 4.43. The van der Waals surface area contributed by atoms with Gasteiger partial charge < -0.3 is 4.74 Å². The van der Waals surface area contributed by atoms with Crippen LogP contribution < -0.4 is 4.74 Å². The zero-order chi connectivity index (χ0) is 14.5. The molecule has 2 rings (SSSR count). The van der Waals surface area contributed by atoms with E-state index < -0.39 is 0 Å². The summed E-state index contributed by atoms with van der Waals surface area (Å²) in [7, 11) is 1.63. The number of ketones is 1. The van der Waals surface area contributed by atoms with Crippen LogP contribution in [-0.2, 0) is 6.42 Å². The largest absolute Gasteiger partial charge is 0.497 e. The lowest BCUT2D eigenvalue weighted by Crippen LogP contribution is -2.01. The summed E-state index contributed by atoms with van der Waals surface area (Å²) in [6, 6.07) is 12.6. The van der Waals surface area contributed by atoms with Crippen LogP contribution in [0.5, 0.6) is 5.75 Å². The van der Waals surface area contributed by atoms with Crippen LogP contribution in [0, 0.1) is 0 Å². The molecular formula is C16H14Cl2O2. The highest BCUT2D eigenvalue weighted by Crippen LogP contribution is 2.21. The number of carbonyl (C=O) groups excluding carboxylic acids is 1. The van der Waals surface area contributed by atoms with Gasteiger partial charge in [-0.15, -0.1) is 0 Å². The van der Waals surface area contributed by atoms with Gasteiger partial charge in [-0.25, -0.2) is 0 Å². The number of halogens is 2. The van der Waals surface area contributed by atoms with Crippen LogP contribution in [-0.4, -0.2) is 12.9 Å². The summed E-state index contributed by atoms with van der Waals surface area (Å²) in [6.45, 7) is 0. The fourth-order valence-electron chi connectivity index (χ4n) is 1.91. The van der Waals surface area contributed by atoms with Crippen molar-refractivity contribution in [3.8, 4) is 5.75 Å². The Hall–Kier alpha value is -1.51. The van der Waals surface area contributed by atoms with Crippen molar-refractivity contribution in [3.05, 3.63) is 63.6 Å². The summed E-state index contributed by atoms with van der Waals surface area (Å²) in [6.07, 6.45) is 1.09. The lowest BCUT2D eigenvalue weighted by Gasteiger charge is -2.04. The first-order chi connectivity index (χ1) is 9.58.